The minimum absolute atomic E-state index is 0.211. The average molecular weight is 202 g/mol. The van der Waals surface area contributed by atoms with Gasteiger partial charge in [0.2, 0.25) is 0 Å². The Balaban J connectivity index is 2.63. The Morgan fingerprint density at radius 1 is 1.29 bits per heavy atom. The Morgan fingerprint density at radius 2 is 1.93 bits per heavy atom. The summed E-state index contributed by atoms with van der Waals surface area (Å²) in [7, 11) is 0. The molecule has 0 aromatic heterocycles. The smallest absolute Gasteiger partial charge is 0.407 e. The minimum atomic E-state index is -0.978. The van der Waals surface area contributed by atoms with Gasteiger partial charge in [-0.15, -0.1) is 0 Å². The van der Waals surface area contributed by atoms with Gasteiger partial charge in [0.15, 0.2) is 0 Å². The molecular formula is C8H14N2O4. The molecule has 1 atom stereocenters. The lowest BCUT2D eigenvalue weighted by Crippen LogP contribution is -2.55. The molecule has 0 spiro atoms. The summed E-state index contributed by atoms with van der Waals surface area (Å²) in [5.74, 6) is 0. The molecule has 1 aliphatic rings. The van der Waals surface area contributed by atoms with E-state index in [1.165, 1.54) is 9.80 Å². The van der Waals surface area contributed by atoms with Crippen LogP contribution in [0, 0.1) is 0 Å². The molecule has 6 nitrogen and oxygen atoms in total. The van der Waals surface area contributed by atoms with E-state index >= 15 is 0 Å². The van der Waals surface area contributed by atoms with E-state index in [9.17, 15) is 9.59 Å². The molecule has 0 saturated carbocycles. The van der Waals surface area contributed by atoms with Gasteiger partial charge in [-0.05, 0) is 6.42 Å². The minimum Gasteiger partial charge on any atom is -0.465 e. The number of hydrogen-bond donors (Lipinski definition) is 2. The summed E-state index contributed by atoms with van der Waals surface area (Å²) in [6.07, 6.45) is -1.31. The Labute approximate surface area is 81.7 Å². The van der Waals surface area contributed by atoms with Crippen LogP contribution in [0.4, 0.5) is 9.59 Å². The zero-order chi connectivity index (χ0) is 10.7. The number of carboxylic acid groups (broad SMARTS) is 2. The van der Waals surface area contributed by atoms with Gasteiger partial charge >= 0.3 is 12.2 Å². The van der Waals surface area contributed by atoms with Gasteiger partial charge in [0.25, 0.3) is 0 Å². The molecule has 1 rings (SSSR count). The van der Waals surface area contributed by atoms with E-state index in [1.807, 2.05) is 6.92 Å². The van der Waals surface area contributed by atoms with Crippen molar-refractivity contribution in [3.8, 4) is 0 Å². The number of hydrogen-bond acceptors (Lipinski definition) is 2. The fourth-order valence-electron chi connectivity index (χ4n) is 1.63. The number of nitrogens with zero attached hydrogens (tertiary/aromatic N) is 2. The number of rotatable bonds is 1. The van der Waals surface area contributed by atoms with E-state index in [4.69, 9.17) is 10.2 Å². The van der Waals surface area contributed by atoms with E-state index in [1.54, 1.807) is 0 Å². The normalized spacial score (nSPS) is 22.2. The molecule has 0 aromatic rings. The first-order valence-corrected chi connectivity index (χ1v) is 4.53. The third-order valence-electron chi connectivity index (χ3n) is 2.47. The van der Waals surface area contributed by atoms with E-state index in [-0.39, 0.29) is 25.7 Å². The van der Waals surface area contributed by atoms with Crippen molar-refractivity contribution in [2.24, 2.45) is 0 Å². The van der Waals surface area contributed by atoms with Crippen molar-refractivity contribution >= 4 is 12.2 Å². The Bertz CT molecular complexity index is 243. The lowest BCUT2D eigenvalue weighted by atomic mass is 10.1. The van der Waals surface area contributed by atoms with E-state index < -0.39 is 12.2 Å². The highest BCUT2D eigenvalue weighted by molar-refractivity contribution is 5.68. The molecule has 80 valence electrons. The van der Waals surface area contributed by atoms with Gasteiger partial charge < -0.3 is 20.0 Å². The summed E-state index contributed by atoms with van der Waals surface area (Å²) in [6.45, 7) is 2.66. The van der Waals surface area contributed by atoms with E-state index in [0.29, 0.717) is 6.42 Å². The highest BCUT2D eigenvalue weighted by atomic mass is 16.4. The summed E-state index contributed by atoms with van der Waals surface area (Å²) in [6, 6.07) is -0.211. The molecule has 0 bridgehead atoms. The molecule has 1 heterocycles. The van der Waals surface area contributed by atoms with Crippen LogP contribution in [0.5, 0.6) is 0 Å². The van der Waals surface area contributed by atoms with Crippen LogP contribution in [-0.2, 0) is 0 Å². The van der Waals surface area contributed by atoms with Crippen LogP contribution >= 0.6 is 0 Å². The quantitative estimate of drug-likeness (QED) is 0.657. The second-order valence-corrected chi connectivity index (χ2v) is 3.27. The molecular weight excluding hydrogens is 188 g/mol. The molecule has 1 unspecified atom stereocenters. The molecule has 1 fully saturated rings. The third-order valence-corrected chi connectivity index (χ3v) is 2.47. The van der Waals surface area contributed by atoms with Crippen molar-refractivity contribution in [2.45, 2.75) is 19.4 Å². The van der Waals surface area contributed by atoms with Crippen molar-refractivity contribution in [1.29, 1.82) is 0 Å². The van der Waals surface area contributed by atoms with Crippen LogP contribution in [-0.4, -0.2) is 57.9 Å². The predicted octanol–water partition coefficient (Wildman–Crippen LogP) is 0.739. The first-order valence-electron chi connectivity index (χ1n) is 4.53. The van der Waals surface area contributed by atoms with Crippen LogP contribution < -0.4 is 0 Å². The maximum absolute atomic E-state index is 10.8. The highest BCUT2D eigenvalue weighted by Gasteiger charge is 2.30. The van der Waals surface area contributed by atoms with Crippen LogP contribution in [0.1, 0.15) is 13.3 Å². The fraction of sp³-hybridized carbons (Fsp3) is 0.750. The summed E-state index contributed by atoms with van der Waals surface area (Å²) in [4.78, 5) is 24.0. The summed E-state index contributed by atoms with van der Waals surface area (Å²) in [5.41, 5.74) is 0. The summed E-state index contributed by atoms with van der Waals surface area (Å²) >= 11 is 0. The van der Waals surface area contributed by atoms with Crippen LogP contribution in [0.2, 0.25) is 0 Å². The van der Waals surface area contributed by atoms with E-state index in [0.717, 1.165) is 0 Å². The first-order chi connectivity index (χ1) is 6.56. The second-order valence-electron chi connectivity index (χ2n) is 3.27. The van der Waals surface area contributed by atoms with Gasteiger partial charge in [-0.25, -0.2) is 9.59 Å². The van der Waals surface area contributed by atoms with Crippen LogP contribution in [0.25, 0.3) is 0 Å². The SMILES string of the molecule is CCC1CN(C(=O)O)CCN1C(=O)O. The number of amides is 2. The van der Waals surface area contributed by atoms with Gasteiger partial charge in [0.05, 0.1) is 6.04 Å². The number of piperazine rings is 1. The Morgan fingerprint density at radius 3 is 2.36 bits per heavy atom. The second kappa shape index (κ2) is 4.17. The standard InChI is InChI=1S/C8H14N2O4/c1-2-6-5-9(7(11)12)3-4-10(6)8(13)14/h6H,2-5H2,1H3,(H,11,12)(H,13,14). The Kier molecular flexibility index (Phi) is 3.16. The van der Waals surface area contributed by atoms with Crippen molar-refractivity contribution < 1.29 is 19.8 Å². The molecule has 6 heteroatoms. The molecule has 2 N–H and O–H groups in total. The van der Waals surface area contributed by atoms with Crippen LogP contribution in [0.15, 0.2) is 0 Å². The maximum Gasteiger partial charge on any atom is 0.407 e. The van der Waals surface area contributed by atoms with Crippen molar-refractivity contribution in [3.63, 3.8) is 0 Å². The van der Waals surface area contributed by atoms with Crippen molar-refractivity contribution in [3.05, 3.63) is 0 Å². The van der Waals surface area contributed by atoms with Gasteiger partial charge in [-0.1, -0.05) is 6.92 Å². The fourth-order valence-corrected chi connectivity index (χ4v) is 1.63. The van der Waals surface area contributed by atoms with Crippen molar-refractivity contribution in [1.82, 2.24) is 9.80 Å². The summed E-state index contributed by atoms with van der Waals surface area (Å²) in [5, 5.41) is 17.6. The highest BCUT2D eigenvalue weighted by Crippen LogP contribution is 2.12. The van der Waals surface area contributed by atoms with Gasteiger partial charge in [-0.2, -0.15) is 0 Å². The molecule has 0 aromatic carbocycles. The molecule has 14 heavy (non-hydrogen) atoms. The van der Waals surface area contributed by atoms with Gasteiger partial charge in [-0.3, -0.25) is 0 Å². The Hall–Kier alpha value is -1.46. The third kappa shape index (κ3) is 2.07. The summed E-state index contributed by atoms with van der Waals surface area (Å²) < 4.78 is 0. The number of carbonyl (C=O) groups is 2. The van der Waals surface area contributed by atoms with Crippen LogP contribution in [0.3, 0.4) is 0 Å². The van der Waals surface area contributed by atoms with E-state index in [2.05, 4.69) is 0 Å². The lowest BCUT2D eigenvalue weighted by Gasteiger charge is -2.38. The molecule has 2 amide bonds. The lowest BCUT2D eigenvalue weighted by molar-refractivity contribution is 0.0626. The van der Waals surface area contributed by atoms with Gasteiger partial charge in [0, 0.05) is 19.6 Å². The molecule has 1 saturated heterocycles. The maximum atomic E-state index is 10.8. The molecule has 0 aliphatic carbocycles. The predicted molar refractivity (Wildman–Crippen MR) is 48.4 cm³/mol. The monoisotopic (exact) mass is 202 g/mol. The molecule has 0 radical (unpaired) electrons. The largest absolute Gasteiger partial charge is 0.465 e. The first kappa shape index (κ1) is 10.6. The van der Waals surface area contributed by atoms with Gasteiger partial charge in [0.1, 0.15) is 0 Å². The zero-order valence-corrected chi connectivity index (χ0v) is 8.01. The van der Waals surface area contributed by atoms with Crippen molar-refractivity contribution in [2.75, 3.05) is 19.6 Å². The zero-order valence-electron chi connectivity index (χ0n) is 8.01. The average Bonchev–Trinajstić information content (AvgIpc) is 2.16. The molecule has 1 aliphatic heterocycles. The topological polar surface area (TPSA) is 81.1 Å².